The minimum atomic E-state index is -3.37. The highest BCUT2D eigenvalue weighted by molar-refractivity contribution is 7.89. The van der Waals surface area contributed by atoms with Crippen molar-refractivity contribution in [1.82, 2.24) is 9.88 Å². The number of hydrogen-bond acceptors (Lipinski definition) is 4. The predicted octanol–water partition coefficient (Wildman–Crippen LogP) is 3.46. The van der Waals surface area contributed by atoms with Crippen molar-refractivity contribution in [1.29, 1.82) is 0 Å². The molecule has 1 fully saturated rings. The summed E-state index contributed by atoms with van der Waals surface area (Å²) in [5.41, 5.74) is 1.84. The van der Waals surface area contributed by atoms with Gasteiger partial charge in [0.15, 0.2) is 0 Å². The van der Waals surface area contributed by atoms with Crippen molar-refractivity contribution in [2.24, 2.45) is 5.92 Å². The van der Waals surface area contributed by atoms with Gasteiger partial charge in [-0.25, -0.2) is 13.1 Å². The van der Waals surface area contributed by atoms with Crippen LogP contribution < -0.4 is 4.72 Å². The lowest BCUT2D eigenvalue weighted by atomic mass is 9.94. The van der Waals surface area contributed by atoms with E-state index in [9.17, 15) is 8.42 Å². The van der Waals surface area contributed by atoms with Crippen LogP contribution in [0.1, 0.15) is 49.3 Å². The number of hydrogen-bond donors (Lipinski definition) is 1. The highest BCUT2D eigenvalue weighted by Crippen LogP contribution is 2.33. The average Bonchev–Trinajstić information content (AvgIpc) is 3.27. The molecule has 1 heterocycles. The summed E-state index contributed by atoms with van der Waals surface area (Å²) in [4.78, 5) is 0. The van der Waals surface area contributed by atoms with E-state index in [0.717, 1.165) is 17.5 Å². The van der Waals surface area contributed by atoms with Gasteiger partial charge in [0.25, 0.3) is 0 Å². The van der Waals surface area contributed by atoms with Gasteiger partial charge in [-0.15, -0.1) is 0 Å². The largest absolute Gasteiger partial charge is 0.364 e. The topological polar surface area (TPSA) is 72.2 Å². The van der Waals surface area contributed by atoms with Crippen LogP contribution >= 0.6 is 0 Å². The van der Waals surface area contributed by atoms with Crippen LogP contribution in [0.3, 0.4) is 0 Å². The second-order valence-electron chi connectivity index (χ2n) is 6.57. The Bertz CT molecular complexity index is 708. The lowest BCUT2D eigenvalue weighted by Gasteiger charge is -2.22. The SMILES string of the molecule is O=S(=O)(CCc1cnoc1)NC(CC1CCCC1)c1ccccc1. The molecule has 0 radical (unpaired) electrons. The summed E-state index contributed by atoms with van der Waals surface area (Å²) in [5.74, 6) is 0.651. The monoisotopic (exact) mass is 348 g/mol. The minimum Gasteiger partial charge on any atom is -0.364 e. The Balaban J connectivity index is 1.67. The Hall–Kier alpha value is -1.66. The molecule has 0 saturated heterocycles. The molecule has 130 valence electrons. The van der Waals surface area contributed by atoms with Crippen LogP contribution in [-0.4, -0.2) is 19.3 Å². The molecule has 1 N–H and O–H groups in total. The summed E-state index contributed by atoms with van der Waals surface area (Å²) in [5, 5.41) is 3.61. The van der Waals surface area contributed by atoms with Crippen LogP contribution in [0.4, 0.5) is 0 Å². The van der Waals surface area contributed by atoms with Crippen LogP contribution in [-0.2, 0) is 16.4 Å². The first-order chi connectivity index (χ1) is 11.6. The highest BCUT2D eigenvalue weighted by atomic mass is 32.2. The van der Waals surface area contributed by atoms with Crippen molar-refractivity contribution in [2.75, 3.05) is 5.75 Å². The zero-order chi connectivity index (χ0) is 16.8. The van der Waals surface area contributed by atoms with E-state index in [0.29, 0.717) is 12.3 Å². The smallest absolute Gasteiger partial charge is 0.212 e. The van der Waals surface area contributed by atoms with E-state index in [1.54, 1.807) is 6.20 Å². The van der Waals surface area contributed by atoms with Gasteiger partial charge in [0.1, 0.15) is 6.26 Å². The van der Waals surface area contributed by atoms with E-state index in [2.05, 4.69) is 9.88 Å². The molecule has 3 rings (SSSR count). The highest BCUT2D eigenvalue weighted by Gasteiger charge is 2.25. The van der Waals surface area contributed by atoms with Gasteiger partial charge < -0.3 is 4.52 Å². The van der Waals surface area contributed by atoms with E-state index in [-0.39, 0.29) is 11.8 Å². The Labute approximate surface area is 143 Å². The summed E-state index contributed by atoms with van der Waals surface area (Å²) in [6.45, 7) is 0. The molecule has 0 spiro atoms. The van der Waals surface area contributed by atoms with Gasteiger partial charge in [0.05, 0.1) is 11.9 Å². The molecule has 24 heavy (non-hydrogen) atoms. The van der Waals surface area contributed by atoms with Gasteiger partial charge in [-0.1, -0.05) is 61.2 Å². The summed E-state index contributed by atoms with van der Waals surface area (Å²) < 4.78 is 32.7. The van der Waals surface area contributed by atoms with Crippen LogP contribution in [0.5, 0.6) is 0 Å². The third-order valence-corrected chi connectivity index (χ3v) is 6.10. The number of sulfonamides is 1. The third kappa shape index (κ3) is 4.92. The van der Waals surface area contributed by atoms with Gasteiger partial charge in [-0.3, -0.25) is 0 Å². The molecular weight excluding hydrogens is 324 g/mol. The van der Waals surface area contributed by atoms with E-state index >= 15 is 0 Å². The molecule has 6 heteroatoms. The molecule has 0 amide bonds. The molecule has 1 unspecified atom stereocenters. The van der Waals surface area contributed by atoms with Gasteiger partial charge in [-0.2, -0.15) is 0 Å². The number of benzene rings is 1. The van der Waals surface area contributed by atoms with E-state index < -0.39 is 10.0 Å². The van der Waals surface area contributed by atoms with Crippen molar-refractivity contribution in [3.63, 3.8) is 0 Å². The number of rotatable bonds is 8. The minimum absolute atomic E-state index is 0.0439. The standard InChI is InChI=1S/C18H24N2O3S/c21-24(22,11-10-16-13-19-23-14-16)20-18(12-15-6-4-5-7-15)17-8-2-1-3-9-17/h1-3,8-9,13-15,18,20H,4-7,10-12H2. The quantitative estimate of drug-likeness (QED) is 0.793. The fourth-order valence-corrected chi connectivity index (χ4v) is 4.68. The first-order valence-corrected chi connectivity index (χ1v) is 10.2. The lowest BCUT2D eigenvalue weighted by Crippen LogP contribution is -2.32. The van der Waals surface area contributed by atoms with Crippen molar-refractivity contribution in [2.45, 2.75) is 44.6 Å². The van der Waals surface area contributed by atoms with Gasteiger partial charge in [0.2, 0.25) is 10.0 Å². The van der Waals surface area contributed by atoms with E-state index in [4.69, 9.17) is 4.52 Å². The molecule has 2 aromatic rings. The molecule has 1 aromatic heterocycles. The van der Waals surface area contributed by atoms with E-state index in [1.165, 1.54) is 31.9 Å². The molecule has 0 aliphatic heterocycles. The van der Waals surface area contributed by atoms with Gasteiger partial charge in [0, 0.05) is 11.6 Å². The van der Waals surface area contributed by atoms with E-state index in [1.807, 2.05) is 30.3 Å². The zero-order valence-corrected chi connectivity index (χ0v) is 14.5. The molecule has 0 bridgehead atoms. The van der Waals surface area contributed by atoms with Gasteiger partial charge in [-0.05, 0) is 24.3 Å². The fraction of sp³-hybridized carbons (Fsp3) is 0.500. The van der Waals surface area contributed by atoms with Crippen LogP contribution in [0, 0.1) is 5.92 Å². The number of nitrogens with zero attached hydrogens (tertiary/aromatic N) is 1. The Morgan fingerprint density at radius 3 is 2.62 bits per heavy atom. The third-order valence-electron chi connectivity index (χ3n) is 4.71. The molecule has 1 atom stereocenters. The predicted molar refractivity (Wildman–Crippen MR) is 92.9 cm³/mol. The number of nitrogens with one attached hydrogen (secondary N) is 1. The zero-order valence-electron chi connectivity index (χ0n) is 13.7. The second kappa shape index (κ2) is 7.94. The molecule has 1 saturated carbocycles. The lowest BCUT2D eigenvalue weighted by molar-refractivity contribution is 0.419. The molecule has 5 nitrogen and oxygen atoms in total. The summed E-state index contributed by atoms with van der Waals surface area (Å²) in [7, 11) is -3.37. The second-order valence-corrected chi connectivity index (χ2v) is 8.44. The average molecular weight is 348 g/mol. The maximum absolute atomic E-state index is 12.5. The van der Waals surface area contributed by atoms with Crippen LogP contribution in [0.25, 0.3) is 0 Å². The first-order valence-electron chi connectivity index (χ1n) is 8.55. The molecular formula is C18H24N2O3S. The Morgan fingerprint density at radius 2 is 1.96 bits per heavy atom. The molecule has 1 aliphatic rings. The number of aryl methyl sites for hydroxylation is 1. The normalized spacial score (nSPS) is 17.2. The van der Waals surface area contributed by atoms with Crippen molar-refractivity contribution in [3.8, 4) is 0 Å². The van der Waals surface area contributed by atoms with Gasteiger partial charge >= 0.3 is 0 Å². The van der Waals surface area contributed by atoms with Crippen LogP contribution in [0.15, 0.2) is 47.3 Å². The maximum Gasteiger partial charge on any atom is 0.212 e. The number of aromatic nitrogens is 1. The Kier molecular flexibility index (Phi) is 5.68. The van der Waals surface area contributed by atoms with Crippen LogP contribution in [0.2, 0.25) is 0 Å². The summed E-state index contributed by atoms with van der Waals surface area (Å²) >= 11 is 0. The fourth-order valence-electron chi connectivity index (χ4n) is 3.40. The summed E-state index contributed by atoms with van der Waals surface area (Å²) in [6, 6.07) is 9.73. The summed E-state index contributed by atoms with van der Waals surface area (Å²) in [6.07, 6.45) is 9.24. The maximum atomic E-state index is 12.5. The van der Waals surface area contributed by atoms with Crippen molar-refractivity contribution in [3.05, 3.63) is 53.9 Å². The molecule has 1 aliphatic carbocycles. The molecule has 1 aromatic carbocycles. The first kappa shape index (κ1) is 17.2. The van der Waals surface area contributed by atoms with Crippen molar-refractivity contribution >= 4 is 10.0 Å². The van der Waals surface area contributed by atoms with Crippen molar-refractivity contribution < 1.29 is 12.9 Å². The Morgan fingerprint density at radius 1 is 1.21 bits per heavy atom.